The first-order valence-electron chi connectivity index (χ1n) is 10.6. The lowest BCUT2D eigenvalue weighted by molar-refractivity contribution is -0.115. The Morgan fingerprint density at radius 3 is 2.71 bits per heavy atom. The molecule has 0 spiro atoms. The Balaban J connectivity index is 1.63. The summed E-state index contributed by atoms with van der Waals surface area (Å²) in [6, 6.07) is 12.2. The number of hydrogen-bond donors (Lipinski definition) is 2. The quantitative estimate of drug-likeness (QED) is 0.140. The summed E-state index contributed by atoms with van der Waals surface area (Å²) < 4.78 is 5.55. The highest BCUT2D eigenvalue weighted by atomic mass is 32.2. The smallest absolute Gasteiger partial charge is 0.237 e. The topological polar surface area (TPSA) is 101 Å². The van der Waals surface area contributed by atoms with Crippen LogP contribution in [0.25, 0.3) is 21.3 Å². The largest absolute Gasteiger partial charge is 0.506 e. The number of hydrogen-bond acceptors (Lipinski definition) is 8. The van der Waals surface area contributed by atoms with E-state index in [1.165, 1.54) is 41.3 Å². The molecule has 0 saturated carbocycles. The Hall–Kier alpha value is -3.43. The van der Waals surface area contributed by atoms with Crippen LogP contribution >= 0.6 is 23.1 Å². The minimum Gasteiger partial charge on any atom is -0.506 e. The zero-order valence-electron chi connectivity index (χ0n) is 18.9. The molecule has 34 heavy (non-hydrogen) atoms. The van der Waals surface area contributed by atoms with Crippen molar-refractivity contribution in [1.82, 2.24) is 9.97 Å². The number of aromatic nitrogens is 2. The number of aryl methyl sites for hydroxylation is 1. The number of thioether (sulfide) groups is 1. The average Bonchev–Trinajstić information content (AvgIpc) is 3.25. The maximum atomic E-state index is 12.9. The van der Waals surface area contributed by atoms with Gasteiger partial charge >= 0.3 is 0 Å². The number of aldehydes is 1. The van der Waals surface area contributed by atoms with Crippen LogP contribution in [0, 0.1) is 6.92 Å². The van der Waals surface area contributed by atoms with Gasteiger partial charge in [0.15, 0.2) is 0 Å². The first-order valence-corrected chi connectivity index (χ1v) is 12.4. The van der Waals surface area contributed by atoms with E-state index in [4.69, 9.17) is 4.74 Å². The highest BCUT2D eigenvalue weighted by molar-refractivity contribution is 8.00. The van der Waals surface area contributed by atoms with Gasteiger partial charge in [0, 0.05) is 16.5 Å². The third-order valence-corrected chi connectivity index (χ3v) is 7.02. The number of anilines is 1. The van der Waals surface area contributed by atoms with E-state index in [1.54, 1.807) is 6.92 Å². The lowest BCUT2D eigenvalue weighted by atomic mass is 10.1. The summed E-state index contributed by atoms with van der Waals surface area (Å²) in [7, 11) is 0. The average molecular weight is 494 g/mol. The Kier molecular flexibility index (Phi) is 7.14. The van der Waals surface area contributed by atoms with E-state index in [0.717, 1.165) is 27.1 Å². The predicted octanol–water partition coefficient (Wildman–Crippen LogP) is 5.70. The van der Waals surface area contributed by atoms with Gasteiger partial charge in [-0.05, 0) is 56.7 Å². The first-order chi connectivity index (χ1) is 16.4. The fraction of sp³-hybridized carbons (Fsp3) is 0.200. The number of ether oxygens (including phenoxy) is 1. The number of nitrogens with zero attached hydrogens (tertiary/aromatic N) is 2. The van der Waals surface area contributed by atoms with Crippen LogP contribution in [0.1, 0.15) is 30.0 Å². The van der Waals surface area contributed by atoms with Gasteiger partial charge in [0.05, 0.1) is 22.9 Å². The van der Waals surface area contributed by atoms with Crippen molar-refractivity contribution >= 4 is 51.2 Å². The molecule has 4 rings (SSSR count). The molecule has 4 aromatic rings. The minimum absolute atomic E-state index is 0.105. The van der Waals surface area contributed by atoms with Crippen molar-refractivity contribution in [2.24, 2.45) is 0 Å². The molecule has 0 aliphatic carbocycles. The Morgan fingerprint density at radius 1 is 1.24 bits per heavy atom. The number of benzene rings is 2. The van der Waals surface area contributed by atoms with Gasteiger partial charge in [-0.25, -0.2) is 9.97 Å². The van der Waals surface area contributed by atoms with E-state index in [1.807, 2.05) is 43.5 Å². The molecule has 9 heteroatoms. The Labute approximate surface area is 205 Å². The molecule has 7 nitrogen and oxygen atoms in total. The standard InChI is InChI=1S/C25H23N3O4S2/c1-4-32-18-8-6-17(7-9-18)19-13-33-24-22(19)25(27-15(3)26-24)34-14(2)23(31)28-20-11-16(12-29)5-10-21(20)30/h5-14,30H,4H2,1-3H3,(H,28,31). The summed E-state index contributed by atoms with van der Waals surface area (Å²) >= 11 is 2.86. The van der Waals surface area contributed by atoms with Crippen molar-refractivity contribution in [2.75, 3.05) is 11.9 Å². The van der Waals surface area contributed by atoms with Gasteiger partial charge in [-0.15, -0.1) is 11.3 Å². The van der Waals surface area contributed by atoms with Crippen LogP contribution in [-0.2, 0) is 4.79 Å². The van der Waals surface area contributed by atoms with Crippen molar-refractivity contribution in [3.63, 3.8) is 0 Å². The second-order valence-corrected chi connectivity index (χ2v) is 9.69. The van der Waals surface area contributed by atoms with E-state index < -0.39 is 5.25 Å². The molecule has 0 radical (unpaired) electrons. The van der Waals surface area contributed by atoms with Gasteiger partial charge in [-0.1, -0.05) is 23.9 Å². The van der Waals surface area contributed by atoms with E-state index in [9.17, 15) is 14.7 Å². The number of carbonyl (C=O) groups excluding carboxylic acids is 2. The van der Waals surface area contributed by atoms with Crippen molar-refractivity contribution < 1.29 is 19.4 Å². The summed E-state index contributed by atoms with van der Waals surface area (Å²) in [5, 5.41) is 15.9. The number of carbonyl (C=O) groups is 2. The molecule has 2 aromatic carbocycles. The summed E-state index contributed by atoms with van der Waals surface area (Å²) in [5.41, 5.74) is 2.56. The number of rotatable bonds is 8. The van der Waals surface area contributed by atoms with Gasteiger partial charge in [-0.2, -0.15) is 0 Å². The molecular weight excluding hydrogens is 470 g/mol. The fourth-order valence-corrected chi connectivity index (χ4v) is 5.46. The van der Waals surface area contributed by atoms with Crippen molar-refractivity contribution in [3.05, 3.63) is 59.2 Å². The van der Waals surface area contributed by atoms with Gasteiger partial charge in [-0.3, -0.25) is 9.59 Å². The predicted molar refractivity (Wildman–Crippen MR) is 136 cm³/mol. The molecule has 0 saturated heterocycles. The fourth-order valence-electron chi connectivity index (χ4n) is 3.39. The molecule has 0 fully saturated rings. The maximum Gasteiger partial charge on any atom is 0.237 e. The van der Waals surface area contributed by atoms with Crippen LogP contribution in [0.15, 0.2) is 52.9 Å². The second kappa shape index (κ2) is 10.2. The van der Waals surface area contributed by atoms with Crippen molar-refractivity contribution in [3.8, 4) is 22.6 Å². The number of thiophene rings is 1. The van der Waals surface area contributed by atoms with Crippen LogP contribution in [0.2, 0.25) is 0 Å². The third kappa shape index (κ3) is 5.05. The van der Waals surface area contributed by atoms with Crippen LogP contribution in [0.5, 0.6) is 11.5 Å². The molecule has 0 aliphatic rings. The molecule has 1 atom stereocenters. The van der Waals surface area contributed by atoms with E-state index in [-0.39, 0.29) is 17.3 Å². The molecule has 2 aromatic heterocycles. The summed E-state index contributed by atoms with van der Waals surface area (Å²) in [4.78, 5) is 34.0. The van der Waals surface area contributed by atoms with Gasteiger partial charge in [0.1, 0.15) is 33.5 Å². The van der Waals surface area contributed by atoms with E-state index in [2.05, 4.69) is 15.3 Å². The third-order valence-electron chi connectivity index (χ3n) is 5.06. The van der Waals surface area contributed by atoms with E-state index >= 15 is 0 Å². The van der Waals surface area contributed by atoms with Gasteiger partial charge < -0.3 is 15.2 Å². The summed E-state index contributed by atoms with van der Waals surface area (Å²) in [6.07, 6.45) is 0.659. The highest BCUT2D eigenvalue weighted by Gasteiger charge is 2.21. The second-order valence-electron chi connectivity index (χ2n) is 7.51. The van der Waals surface area contributed by atoms with Crippen LogP contribution < -0.4 is 10.1 Å². The van der Waals surface area contributed by atoms with Crippen molar-refractivity contribution in [2.45, 2.75) is 31.0 Å². The number of phenolic OH excluding ortho intramolecular Hbond substituents is 1. The molecule has 0 bridgehead atoms. The highest BCUT2D eigenvalue weighted by Crippen LogP contribution is 2.40. The number of amides is 1. The molecule has 1 unspecified atom stereocenters. The van der Waals surface area contributed by atoms with Crippen LogP contribution in [0.3, 0.4) is 0 Å². The molecule has 0 aliphatic heterocycles. The minimum atomic E-state index is -0.523. The van der Waals surface area contributed by atoms with Gasteiger partial charge in [0.2, 0.25) is 5.91 Å². The van der Waals surface area contributed by atoms with Crippen LogP contribution in [-0.4, -0.2) is 39.1 Å². The monoisotopic (exact) mass is 493 g/mol. The maximum absolute atomic E-state index is 12.9. The molecule has 1 amide bonds. The first kappa shape index (κ1) is 23.7. The summed E-state index contributed by atoms with van der Waals surface area (Å²) in [5.74, 6) is 1.01. The van der Waals surface area contributed by atoms with Crippen molar-refractivity contribution in [1.29, 1.82) is 0 Å². The Bertz CT molecular complexity index is 1350. The summed E-state index contributed by atoms with van der Waals surface area (Å²) in [6.45, 7) is 6.15. The number of fused-ring (bicyclic) bond motifs is 1. The Morgan fingerprint density at radius 2 is 2.00 bits per heavy atom. The molecular formula is C25H23N3O4S2. The normalized spacial score (nSPS) is 11.9. The number of phenols is 1. The number of nitrogens with one attached hydrogen (secondary N) is 1. The lowest BCUT2D eigenvalue weighted by Crippen LogP contribution is -2.22. The zero-order chi connectivity index (χ0) is 24.2. The molecule has 174 valence electrons. The number of aromatic hydroxyl groups is 1. The zero-order valence-corrected chi connectivity index (χ0v) is 20.5. The van der Waals surface area contributed by atoms with Gasteiger partial charge in [0.25, 0.3) is 0 Å². The van der Waals surface area contributed by atoms with Crippen LogP contribution in [0.4, 0.5) is 5.69 Å². The van der Waals surface area contributed by atoms with E-state index in [0.29, 0.717) is 29.3 Å². The lowest BCUT2D eigenvalue weighted by Gasteiger charge is -2.14. The molecule has 2 N–H and O–H groups in total. The SMILES string of the molecule is CCOc1ccc(-c2csc3nc(C)nc(SC(C)C(=O)Nc4cc(C=O)ccc4O)c23)cc1. The molecule has 2 heterocycles.